The molecule has 1 amide bonds. The molecule has 0 saturated carbocycles. The molecule has 154 valence electrons. The molecule has 5 rings (SSSR count). The van der Waals surface area contributed by atoms with Gasteiger partial charge in [-0.15, -0.1) is 0 Å². The van der Waals surface area contributed by atoms with E-state index in [-0.39, 0.29) is 35.5 Å². The Bertz CT molecular complexity index is 1180. The summed E-state index contributed by atoms with van der Waals surface area (Å²) in [5.74, 6) is 1.24. The number of likely N-dealkylation sites (tertiary alicyclic amines) is 1. The van der Waals surface area contributed by atoms with E-state index in [1.54, 1.807) is 24.4 Å². The number of benzene rings is 1. The molecule has 2 aromatic heterocycles. The molecule has 1 aromatic carbocycles. The van der Waals surface area contributed by atoms with E-state index in [2.05, 4.69) is 4.98 Å². The number of hydrogen-bond donors (Lipinski definition) is 1. The number of pyridine rings is 1. The predicted octanol–water partition coefficient (Wildman–Crippen LogP) is 2.14. The van der Waals surface area contributed by atoms with E-state index in [1.807, 2.05) is 45.5 Å². The molecule has 7 nitrogen and oxygen atoms in total. The highest BCUT2D eigenvalue weighted by Gasteiger charge is 2.36. The second-order valence-electron chi connectivity index (χ2n) is 8.35. The van der Waals surface area contributed by atoms with Gasteiger partial charge in [-0.3, -0.25) is 9.59 Å². The van der Waals surface area contributed by atoms with E-state index in [0.29, 0.717) is 36.6 Å². The van der Waals surface area contributed by atoms with E-state index in [0.717, 1.165) is 12.1 Å². The van der Waals surface area contributed by atoms with Gasteiger partial charge in [-0.2, -0.15) is 0 Å². The summed E-state index contributed by atoms with van der Waals surface area (Å²) in [5, 5.41) is 9.99. The number of rotatable bonds is 3. The summed E-state index contributed by atoms with van der Waals surface area (Å²) in [5.41, 5.74) is 2.24. The Balaban J connectivity index is 1.41. The van der Waals surface area contributed by atoms with E-state index in [4.69, 9.17) is 0 Å². The van der Waals surface area contributed by atoms with Gasteiger partial charge in [0.1, 0.15) is 11.6 Å². The average molecular weight is 404 g/mol. The number of fused-ring (bicyclic) bond motifs is 4. The lowest BCUT2D eigenvalue weighted by Crippen LogP contribution is -2.49. The van der Waals surface area contributed by atoms with Gasteiger partial charge >= 0.3 is 0 Å². The van der Waals surface area contributed by atoms with Crippen molar-refractivity contribution < 1.29 is 9.90 Å². The first-order chi connectivity index (χ1) is 14.5. The summed E-state index contributed by atoms with van der Waals surface area (Å²) >= 11 is 0. The molecule has 2 aliphatic rings. The lowest BCUT2D eigenvalue weighted by molar-refractivity contribution is -0.133. The summed E-state index contributed by atoms with van der Waals surface area (Å²) in [6.07, 6.45) is 4.71. The van der Waals surface area contributed by atoms with Gasteiger partial charge < -0.3 is 19.1 Å². The van der Waals surface area contributed by atoms with Crippen LogP contribution in [0.4, 0.5) is 0 Å². The first kappa shape index (κ1) is 18.7. The van der Waals surface area contributed by atoms with Crippen molar-refractivity contribution in [2.24, 2.45) is 13.0 Å². The van der Waals surface area contributed by atoms with Crippen LogP contribution in [-0.4, -0.2) is 43.1 Å². The summed E-state index contributed by atoms with van der Waals surface area (Å²) in [4.78, 5) is 32.3. The van der Waals surface area contributed by atoms with Gasteiger partial charge in [0.25, 0.3) is 5.56 Å². The van der Waals surface area contributed by atoms with Crippen molar-refractivity contribution in [3.8, 4) is 17.1 Å². The Morgan fingerprint density at radius 1 is 1.17 bits per heavy atom. The van der Waals surface area contributed by atoms with E-state index >= 15 is 0 Å². The molecule has 0 spiro atoms. The maximum absolute atomic E-state index is 13.2. The third-order valence-corrected chi connectivity index (χ3v) is 6.35. The number of aromatic nitrogens is 3. The zero-order chi connectivity index (χ0) is 20.8. The van der Waals surface area contributed by atoms with Crippen molar-refractivity contribution in [2.45, 2.75) is 25.3 Å². The quantitative estimate of drug-likeness (QED) is 0.725. The maximum Gasteiger partial charge on any atom is 0.261 e. The normalized spacial score (nSPS) is 20.1. The van der Waals surface area contributed by atoms with Crippen LogP contribution in [0.15, 0.2) is 53.6 Å². The Morgan fingerprint density at radius 3 is 2.77 bits per heavy atom. The van der Waals surface area contributed by atoms with E-state index < -0.39 is 0 Å². The van der Waals surface area contributed by atoms with Crippen LogP contribution in [0.1, 0.15) is 23.6 Å². The molecule has 2 atom stereocenters. The number of carbonyl (C=O) groups excluding carboxylic acids is 1. The molecule has 1 fully saturated rings. The number of nitrogens with zero attached hydrogens (tertiary/aromatic N) is 4. The van der Waals surface area contributed by atoms with Crippen LogP contribution in [-0.2, 0) is 24.8 Å². The molecule has 0 unspecified atom stereocenters. The van der Waals surface area contributed by atoms with Gasteiger partial charge in [0.2, 0.25) is 5.91 Å². The largest absolute Gasteiger partial charge is 0.508 e. The monoisotopic (exact) mass is 404 g/mol. The van der Waals surface area contributed by atoms with E-state index in [9.17, 15) is 14.7 Å². The number of carbonyl (C=O) groups is 1. The molecular formula is C23H24N4O3. The van der Waals surface area contributed by atoms with Gasteiger partial charge in [-0.05, 0) is 30.5 Å². The molecule has 3 aromatic rings. The lowest BCUT2D eigenvalue weighted by atomic mass is 9.82. The Hall–Kier alpha value is -3.35. The van der Waals surface area contributed by atoms with Crippen molar-refractivity contribution in [2.75, 3.05) is 13.1 Å². The summed E-state index contributed by atoms with van der Waals surface area (Å²) in [6.45, 7) is 1.86. The smallest absolute Gasteiger partial charge is 0.261 e. The Morgan fingerprint density at radius 2 is 2.00 bits per heavy atom. The number of piperidine rings is 1. The number of hydrogen-bond acceptors (Lipinski definition) is 4. The van der Waals surface area contributed by atoms with Crippen LogP contribution in [0.25, 0.3) is 11.4 Å². The van der Waals surface area contributed by atoms with Gasteiger partial charge in [0, 0.05) is 56.3 Å². The lowest BCUT2D eigenvalue weighted by Gasteiger charge is -2.43. The van der Waals surface area contributed by atoms with Crippen molar-refractivity contribution >= 4 is 5.91 Å². The predicted molar refractivity (Wildman–Crippen MR) is 112 cm³/mol. The van der Waals surface area contributed by atoms with Crippen LogP contribution in [0.3, 0.4) is 0 Å². The van der Waals surface area contributed by atoms with Gasteiger partial charge in [0.15, 0.2) is 0 Å². The number of para-hydroxylation sites is 1. The number of aryl methyl sites for hydroxylation is 1. The molecule has 30 heavy (non-hydrogen) atoms. The number of imidazole rings is 1. The molecule has 2 bridgehead atoms. The first-order valence-corrected chi connectivity index (χ1v) is 10.3. The van der Waals surface area contributed by atoms with Crippen molar-refractivity contribution in [1.29, 1.82) is 0 Å². The minimum absolute atomic E-state index is 0.00881. The highest BCUT2D eigenvalue weighted by Crippen LogP contribution is 2.36. The third-order valence-electron chi connectivity index (χ3n) is 6.35. The Kier molecular flexibility index (Phi) is 4.46. The van der Waals surface area contributed by atoms with Crippen LogP contribution in [0.5, 0.6) is 5.75 Å². The fourth-order valence-electron chi connectivity index (χ4n) is 4.88. The Labute approximate surface area is 174 Å². The zero-order valence-electron chi connectivity index (χ0n) is 16.9. The highest BCUT2D eigenvalue weighted by molar-refractivity contribution is 5.79. The molecule has 7 heteroatoms. The van der Waals surface area contributed by atoms with Gasteiger partial charge in [0.05, 0.1) is 12.0 Å². The van der Waals surface area contributed by atoms with Crippen molar-refractivity contribution in [3.63, 3.8) is 0 Å². The second-order valence-corrected chi connectivity index (χ2v) is 8.35. The van der Waals surface area contributed by atoms with E-state index in [1.165, 1.54) is 0 Å². The molecule has 0 aliphatic carbocycles. The fourth-order valence-corrected chi connectivity index (χ4v) is 4.88. The highest BCUT2D eigenvalue weighted by atomic mass is 16.3. The van der Waals surface area contributed by atoms with Crippen molar-refractivity contribution in [1.82, 2.24) is 19.0 Å². The minimum Gasteiger partial charge on any atom is -0.508 e. The van der Waals surface area contributed by atoms with Crippen LogP contribution in [0.2, 0.25) is 0 Å². The molecular weight excluding hydrogens is 380 g/mol. The number of phenolic OH excluding ortho intramolecular Hbond substituents is 1. The molecule has 1 N–H and O–H groups in total. The third kappa shape index (κ3) is 3.10. The van der Waals surface area contributed by atoms with Crippen LogP contribution >= 0.6 is 0 Å². The molecule has 4 heterocycles. The maximum atomic E-state index is 13.2. The number of phenols is 1. The van der Waals surface area contributed by atoms with Gasteiger partial charge in [-0.1, -0.05) is 18.2 Å². The topological polar surface area (TPSA) is 80.4 Å². The minimum atomic E-state index is -0.00881. The fraction of sp³-hybridized carbons (Fsp3) is 0.348. The molecule has 1 saturated heterocycles. The number of aromatic hydroxyl groups is 1. The molecule has 0 radical (unpaired) electrons. The summed E-state index contributed by atoms with van der Waals surface area (Å²) in [7, 11) is 1.88. The average Bonchev–Trinajstić information content (AvgIpc) is 3.16. The van der Waals surface area contributed by atoms with Gasteiger partial charge in [-0.25, -0.2) is 4.98 Å². The SMILES string of the molecule is Cn1ccnc1-c1ccc2n(c1=O)C[C@H]1C[C@@H]2CN(C(=O)Cc2ccccc2O)C1. The van der Waals surface area contributed by atoms with Crippen LogP contribution in [0, 0.1) is 5.92 Å². The summed E-state index contributed by atoms with van der Waals surface area (Å²) < 4.78 is 3.74. The second kappa shape index (κ2) is 7.16. The van der Waals surface area contributed by atoms with Crippen LogP contribution < -0.4 is 5.56 Å². The standard InChI is InChI=1S/C23H24N4O3/c1-25-9-8-24-22(25)18-6-7-19-17-10-15(13-27(19)23(18)30)12-26(14-17)21(29)11-16-4-2-3-5-20(16)28/h2-9,15,17,28H,10-14H2,1H3/t15-,17+/m0/s1. The number of amides is 1. The zero-order valence-corrected chi connectivity index (χ0v) is 16.9. The summed E-state index contributed by atoms with van der Waals surface area (Å²) in [6, 6.07) is 10.8. The molecule has 2 aliphatic heterocycles. The first-order valence-electron chi connectivity index (χ1n) is 10.3. The van der Waals surface area contributed by atoms with Crippen molar-refractivity contribution in [3.05, 3.63) is 70.4 Å².